The quantitative estimate of drug-likeness (QED) is 0.234. The Balaban J connectivity index is 1.75. The maximum absolute atomic E-state index is 15.5. The third-order valence-electron chi connectivity index (χ3n) is 5.88. The second-order valence-corrected chi connectivity index (χ2v) is 9.27. The van der Waals surface area contributed by atoms with Crippen molar-refractivity contribution in [1.82, 2.24) is 9.88 Å². The summed E-state index contributed by atoms with van der Waals surface area (Å²) in [6, 6.07) is 18.8. The zero-order valence-electron chi connectivity index (χ0n) is 22.3. The number of rotatable bonds is 11. The first-order chi connectivity index (χ1) is 19.2. The number of halogens is 2. The molecular weight excluding hydrogens is 520 g/mol. The number of ether oxygens (including phenoxy) is 3. The van der Waals surface area contributed by atoms with Gasteiger partial charge < -0.3 is 30.0 Å². The van der Waals surface area contributed by atoms with Crippen molar-refractivity contribution < 1.29 is 32.9 Å². The molecule has 1 heterocycles. The number of nitrogens with zero attached hydrogens (tertiary/aromatic N) is 2. The van der Waals surface area contributed by atoms with E-state index in [0.717, 1.165) is 16.7 Å². The van der Waals surface area contributed by atoms with Gasteiger partial charge in [0.05, 0.1) is 0 Å². The van der Waals surface area contributed by atoms with Crippen LogP contribution < -0.4 is 19.9 Å². The molecule has 10 heteroatoms. The lowest BCUT2D eigenvalue weighted by atomic mass is 10.0. The summed E-state index contributed by atoms with van der Waals surface area (Å²) in [5, 5.41) is 9.56. The first-order valence-electron chi connectivity index (χ1n) is 12.4. The van der Waals surface area contributed by atoms with Crippen molar-refractivity contribution in [3.8, 4) is 40.1 Å². The number of aromatic nitrogens is 1. The third-order valence-corrected chi connectivity index (χ3v) is 5.88. The number of benzene rings is 3. The highest BCUT2D eigenvalue weighted by atomic mass is 19.1. The number of hydrogen-bond donors (Lipinski definition) is 2. The molecule has 0 atom stereocenters. The van der Waals surface area contributed by atoms with Crippen LogP contribution in [0.25, 0.3) is 11.1 Å². The Hall–Kier alpha value is -4.54. The number of likely N-dealkylation sites (N-methyl/N-ethyl adjacent to an activating group) is 1. The van der Waals surface area contributed by atoms with Gasteiger partial charge in [0.15, 0.2) is 0 Å². The van der Waals surface area contributed by atoms with Crippen molar-refractivity contribution in [2.75, 3.05) is 27.2 Å². The predicted molar refractivity (Wildman–Crippen MR) is 146 cm³/mol. The summed E-state index contributed by atoms with van der Waals surface area (Å²) in [4.78, 5) is 17.4. The summed E-state index contributed by atoms with van der Waals surface area (Å²) < 4.78 is 47.8. The number of aromatic carboxylic acids is 1. The van der Waals surface area contributed by atoms with Crippen LogP contribution in [0.4, 0.5) is 8.78 Å². The minimum Gasteiger partial charge on any atom is -0.486 e. The molecule has 3 N–H and O–H groups in total. The van der Waals surface area contributed by atoms with Gasteiger partial charge in [0, 0.05) is 13.1 Å². The van der Waals surface area contributed by atoms with Gasteiger partial charge in [-0.25, -0.2) is 4.79 Å². The monoisotopic (exact) mass is 549 g/mol. The molecule has 0 aliphatic carbocycles. The lowest BCUT2D eigenvalue weighted by Crippen LogP contribution is -2.20. The molecule has 0 unspecified atom stereocenters. The Morgan fingerprint density at radius 3 is 2.30 bits per heavy atom. The van der Waals surface area contributed by atoms with Crippen LogP contribution in [-0.2, 0) is 6.54 Å². The molecule has 0 saturated carbocycles. The van der Waals surface area contributed by atoms with Gasteiger partial charge in [0.2, 0.25) is 17.4 Å². The minimum absolute atomic E-state index is 0.0402. The fourth-order valence-electron chi connectivity index (χ4n) is 3.80. The van der Waals surface area contributed by atoms with E-state index in [0.29, 0.717) is 18.7 Å². The van der Waals surface area contributed by atoms with E-state index in [-0.39, 0.29) is 23.7 Å². The first-order valence-corrected chi connectivity index (χ1v) is 12.4. The topological polar surface area (TPSA) is 107 Å². The van der Waals surface area contributed by atoms with E-state index < -0.39 is 35.1 Å². The number of hydrogen-bond acceptors (Lipinski definition) is 7. The molecule has 0 radical (unpaired) electrons. The fourth-order valence-corrected chi connectivity index (χ4v) is 3.80. The molecule has 4 rings (SSSR count). The molecule has 0 aliphatic heterocycles. The van der Waals surface area contributed by atoms with Crippen LogP contribution >= 0.6 is 0 Å². The lowest BCUT2D eigenvalue weighted by molar-refractivity contribution is 0.0694. The molecule has 208 valence electrons. The van der Waals surface area contributed by atoms with Crippen molar-refractivity contribution >= 4 is 5.97 Å². The summed E-state index contributed by atoms with van der Waals surface area (Å²) in [5.41, 5.74) is 8.79. The van der Waals surface area contributed by atoms with E-state index in [9.17, 15) is 9.90 Å². The third kappa shape index (κ3) is 6.71. The highest BCUT2D eigenvalue weighted by molar-refractivity contribution is 5.91. The minimum atomic E-state index is -1.29. The number of pyridine rings is 1. The molecule has 0 saturated heterocycles. The zero-order valence-corrected chi connectivity index (χ0v) is 22.3. The second kappa shape index (κ2) is 12.5. The largest absolute Gasteiger partial charge is 0.486 e. The Kier molecular flexibility index (Phi) is 8.93. The average Bonchev–Trinajstić information content (AvgIpc) is 2.93. The standard InChI is InChI=1S/C30H29F2N3O5/c1-18-10-11-23(30(36)37)24(14-18)40-29-26(32)27(38-13-12-35(2)3)25(31)28(34-29)39-22-9-5-8-21(16-22)20-7-4-6-19(15-20)17-33/h4-11,14-16H,12-13,17,33H2,1-3H3,(H,36,37). The molecule has 0 bridgehead atoms. The van der Waals surface area contributed by atoms with E-state index in [2.05, 4.69) is 4.98 Å². The Morgan fingerprint density at radius 2 is 1.62 bits per heavy atom. The van der Waals surface area contributed by atoms with Gasteiger partial charge in [-0.15, -0.1) is 0 Å². The molecule has 0 fully saturated rings. The van der Waals surface area contributed by atoms with Gasteiger partial charge in [-0.1, -0.05) is 36.4 Å². The summed E-state index contributed by atoms with van der Waals surface area (Å²) in [6.07, 6.45) is 0. The van der Waals surface area contributed by atoms with Gasteiger partial charge in [-0.3, -0.25) is 0 Å². The summed E-state index contributed by atoms with van der Waals surface area (Å²) in [7, 11) is 3.57. The van der Waals surface area contributed by atoms with Crippen molar-refractivity contribution in [3.63, 3.8) is 0 Å². The SMILES string of the molecule is Cc1ccc(C(=O)O)c(Oc2nc(Oc3cccc(-c4cccc(CN)c4)c3)c(F)c(OCCN(C)C)c2F)c1. The van der Waals surface area contributed by atoms with Crippen LogP contribution in [0.5, 0.6) is 29.0 Å². The molecule has 0 aliphatic rings. The smallest absolute Gasteiger partial charge is 0.339 e. The van der Waals surface area contributed by atoms with E-state index in [1.165, 1.54) is 12.1 Å². The van der Waals surface area contributed by atoms with Crippen molar-refractivity contribution in [2.24, 2.45) is 5.73 Å². The van der Waals surface area contributed by atoms with E-state index in [4.69, 9.17) is 19.9 Å². The van der Waals surface area contributed by atoms with Gasteiger partial charge in [0.1, 0.15) is 23.7 Å². The summed E-state index contributed by atoms with van der Waals surface area (Å²) >= 11 is 0. The van der Waals surface area contributed by atoms with Gasteiger partial charge in [-0.2, -0.15) is 13.8 Å². The van der Waals surface area contributed by atoms with Crippen LogP contribution in [0.2, 0.25) is 0 Å². The molecule has 0 spiro atoms. The van der Waals surface area contributed by atoms with E-state index in [1.807, 2.05) is 30.3 Å². The number of carboxylic acids is 1. The molecule has 1 aromatic heterocycles. The first kappa shape index (κ1) is 28.5. The van der Waals surface area contributed by atoms with Crippen molar-refractivity contribution in [2.45, 2.75) is 13.5 Å². The summed E-state index contributed by atoms with van der Waals surface area (Å²) in [5.74, 6) is -5.68. The Labute approximate surface area is 230 Å². The maximum Gasteiger partial charge on any atom is 0.339 e. The van der Waals surface area contributed by atoms with Crippen LogP contribution in [-0.4, -0.2) is 48.2 Å². The highest BCUT2D eigenvalue weighted by Crippen LogP contribution is 2.39. The Bertz CT molecular complexity index is 1530. The lowest BCUT2D eigenvalue weighted by Gasteiger charge is -2.17. The van der Waals surface area contributed by atoms with Crippen molar-refractivity contribution in [1.29, 1.82) is 0 Å². The average molecular weight is 550 g/mol. The van der Waals surface area contributed by atoms with E-state index >= 15 is 8.78 Å². The molecule has 8 nitrogen and oxygen atoms in total. The number of carboxylic acid groups (broad SMARTS) is 1. The van der Waals surface area contributed by atoms with Crippen LogP contribution in [0.1, 0.15) is 21.5 Å². The van der Waals surface area contributed by atoms with Gasteiger partial charge in [0.25, 0.3) is 11.8 Å². The fraction of sp³-hybridized carbons (Fsp3) is 0.200. The van der Waals surface area contributed by atoms with Gasteiger partial charge >= 0.3 is 5.97 Å². The normalized spacial score (nSPS) is 11.0. The number of carbonyl (C=O) groups is 1. The Morgan fingerprint density at radius 1 is 0.950 bits per heavy atom. The van der Waals surface area contributed by atoms with Crippen LogP contribution in [0.3, 0.4) is 0 Å². The molecule has 4 aromatic rings. The predicted octanol–water partition coefficient (Wildman–Crippen LogP) is 6.02. The zero-order chi connectivity index (χ0) is 28.8. The number of nitrogens with two attached hydrogens (primary N) is 1. The van der Waals surface area contributed by atoms with Crippen molar-refractivity contribution in [3.05, 3.63) is 95.1 Å². The molecule has 3 aromatic carbocycles. The molecule has 0 amide bonds. The van der Waals surface area contributed by atoms with Crippen LogP contribution in [0.15, 0.2) is 66.7 Å². The summed E-state index contributed by atoms with van der Waals surface area (Å²) in [6.45, 7) is 2.42. The van der Waals surface area contributed by atoms with Gasteiger partial charge in [-0.05, 0) is 73.6 Å². The van der Waals surface area contributed by atoms with Crippen LogP contribution in [0, 0.1) is 18.6 Å². The second-order valence-electron chi connectivity index (χ2n) is 9.27. The maximum atomic E-state index is 15.5. The number of aryl methyl sites for hydroxylation is 1. The molecule has 40 heavy (non-hydrogen) atoms. The molecular formula is C30H29F2N3O5. The highest BCUT2D eigenvalue weighted by Gasteiger charge is 2.26. The van der Waals surface area contributed by atoms with E-state index in [1.54, 1.807) is 50.2 Å².